The minimum atomic E-state index is -0.695. The Bertz CT molecular complexity index is 1200. The van der Waals surface area contributed by atoms with Gasteiger partial charge in [0.1, 0.15) is 19.0 Å². The van der Waals surface area contributed by atoms with Crippen LogP contribution < -0.4 is 9.47 Å². The molecule has 0 bridgehead atoms. The predicted molar refractivity (Wildman–Crippen MR) is 120 cm³/mol. The van der Waals surface area contributed by atoms with Gasteiger partial charge in [-0.2, -0.15) is 0 Å². The van der Waals surface area contributed by atoms with E-state index in [0.29, 0.717) is 49.8 Å². The van der Waals surface area contributed by atoms with Crippen molar-refractivity contribution in [3.05, 3.63) is 84.0 Å². The van der Waals surface area contributed by atoms with Crippen LogP contribution in [-0.4, -0.2) is 51.0 Å². The molecule has 1 unspecified atom stereocenters. The molecule has 0 saturated carbocycles. The van der Waals surface area contributed by atoms with Gasteiger partial charge in [-0.15, -0.1) is 0 Å². The van der Waals surface area contributed by atoms with Crippen LogP contribution in [0.15, 0.2) is 72.8 Å². The largest absolute Gasteiger partial charge is 0.507 e. The van der Waals surface area contributed by atoms with Gasteiger partial charge in [-0.3, -0.25) is 9.59 Å². The van der Waals surface area contributed by atoms with Crippen LogP contribution in [0.4, 0.5) is 0 Å². The highest BCUT2D eigenvalue weighted by Crippen LogP contribution is 2.41. The number of aliphatic hydroxyl groups is 1. The molecule has 0 aliphatic carbocycles. The Labute approximate surface area is 190 Å². The van der Waals surface area contributed by atoms with Crippen molar-refractivity contribution in [3.8, 4) is 11.5 Å². The molecule has 1 fully saturated rings. The van der Waals surface area contributed by atoms with Crippen LogP contribution in [0, 0.1) is 0 Å². The number of carbonyl (C=O) groups excluding carboxylic acids is 2. The fraction of sp³-hybridized carbons (Fsp3) is 0.240. The van der Waals surface area contributed by atoms with Crippen LogP contribution >= 0.6 is 0 Å². The van der Waals surface area contributed by atoms with Gasteiger partial charge in [-0.25, -0.2) is 4.98 Å². The molecule has 1 aromatic heterocycles. The van der Waals surface area contributed by atoms with Crippen LogP contribution in [0.2, 0.25) is 0 Å². The Morgan fingerprint density at radius 1 is 1.03 bits per heavy atom. The van der Waals surface area contributed by atoms with E-state index in [1.807, 2.05) is 41.1 Å². The van der Waals surface area contributed by atoms with Gasteiger partial charge in [0.05, 0.1) is 17.9 Å². The number of aliphatic hydroxyl groups excluding tert-OH is 1. The van der Waals surface area contributed by atoms with Gasteiger partial charge >= 0.3 is 0 Å². The molecule has 8 heteroatoms. The summed E-state index contributed by atoms with van der Waals surface area (Å²) in [5, 5.41) is 11.2. The Morgan fingerprint density at radius 2 is 1.82 bits per heavy atom. The second-order valence-corrected chi connectivity index (χ2v) is 7.92. The molecule has 5 rings (SSSR count). The molecule has 8 nitrogen and oxygen atoms in total. The number of ketones is 1. The lowest BCUT2D eigenvalue weighted by atomic mass is 9.95. The monoisotopic (exact) mass is 445 g/mol. The number of hydrogen-bond donors (Lipinski definition) is 1. The van der Waals surface area contributed by atoms with Crippen LogP contribution in [0.5, 0.6) is 11.5 Å². The summed E-state index contributed by atoms with van der Waals surface area (Å²) in [5.74, 6) is -0.461. The van der Waals surface area contributed by atoms with Crippen molar-refractivity contribution >= 4 is 17.4 Å². The standard InChI is InChI=1S/C25H23N3O5/c29-23(18-7-8-19-20(15-18)33-14-13-32-19)21-22(17-5-2-1-3-6-17)28(25(31)24(21)30)11-4-10-27-12-9-26-16-27/h1-3,5-9,12,15-16,22,29H,4,10-11,13-14H2/b23-21-. The lowest BCUT2D eigenvalue weighted by Gasteiger charge is -2.25. The summed E-state index contributed by atoms with van der Waals surface area (Å²) in [6.07, 6.45) is 5.90. The summed E-state index contributed by atoms with van der Waals surface area (Å²) in [6.45, 7) is 1.88. The molecule has 3 heterocycles. The van der Waals surface area contributed by atoms with Crippen molar-refractivity contribution in [2.45, 2.75) is 19.0 Å². The second kappa shape index (κ2) is 8.82. The van der Waals surface area contributed by atoms with Gasteiger partial charge in [0.25, 0.3) is 11.7 Å². The van der Waals surface area contributed by atoms with E-state index in [1.165, 1.54) is 4.90 Å². The van der Waals surface area contributed by atoms with Crippen LogP contribution in [0.25, 0.3) is 5.76 Å². The Balaban J connectivity index is 1.52. The van der Waals surface area contributed by atoms with Gasteiger partial charge in [0, 0.05) is 31.0 Å². The van der Waals surface area contributed by atoms with E-state index in [0.717, 1.165) is 5.56 Å². The molecule has 1 atom stereocenters. The normalized spacial score (nSPS) is 19.2. The second-order valence-electron chi connectivity index (χ2n) is 7.92. The molecule has 0 spiro atoms. The first-order chi connectivity index (χ1) is 16.1. The molecule has 2 aromatic carbocycles. The number of hydrogen-bond acceptors (Lipinski definition) is 6. The highest BCUT2D eigenvalue weighted by molar-refractivity contribution is 6.46. The molecule has 3 aromatic rings. The highest BCUT2D eigenvalue weighted by atomic mass is 16.6. The van der Waals surface area contributed by atoms with Crippen molar-refractivity contribution in [3.63, 3.8) is 0 Å². The number of rotatable bonds is 6. The zero-order valence-corrected chi connectivity index (χ0v) is 17.9. The summed E-state index contributed by atoms with van der Waals surface area (Å²) in [4.78, 5) is 31.7. The van der Waals surface area contributed by atoms with Crippen LogP contribution in [-0.2, 0) is 16.1 Å². The number of ether oxygens (including phenoxy) is 2. The molecule has 0 radical (unpaired) electrons. The van der Waals surface area contributed by atoms with Crippen LogP contribution in [0.3, 0.4) is 0 Å². The lowest BCUT2D eigenvalue weighted by Crippen LogP contribution is -2.31. The maximum Gasteiger partial charge on any atom is 0.295 e. The van der Waals surface area contributed by atoms with E-state index >= 15 is 0 Å². The maximum atomic E-state index is 13.1. The average Bonchev–Trinajstić information content (AvgIpc) is 3.46. The molecule has 168 valence electrons. The van der Waals surface area contributed by atoms with E-state index in [9.17, 15) is 14.7 Å². The number of imidazole rings is 1. The molecule has 1 saturated heterocycles. The van der Waals surface area contributed by atoms with E-state index in [4.69, 9.17) is 9.47 Å². The summed E-state index contributed by atoms with van der Waals surface area (Å²) in [7, 11) is 0. The van der Waals surface area contributed by atoms with Crippen molar-refractivity contribution in [2.24, 2.45) is 0 Å². The van der Waals surface area contributed by atoms with Crippen molar-refractivity contribution in [1.29, 1.82) is 0 Å². The summed E-state index contributed by atoms with van der Waals surface area (Å²) in [6, 6.07) is 13.6. The molecule has 1 amide bonds. The Morgan fingerprint density at radius 3 is 2.58 bits per heavy atom. The van der Waals surface area contributed by atoms with Crippen molar-refractivity contribution in [2.75, 3.05) is 19.8 Å². The summed E-state index contributed by atoms with van der Waals surface area (Å²) < 4.78 is 13.1. The first kappa shape index (κ1) is 20.8. The zero-order chi connectivity index (χ0) is 22.8. The van der Waals surface area contributed by atoms with E-state index in [1.54, 1.807) is 30.7 Å². The fourth-order valence-electron chi connectivity index (χ4n) is 4.28. The first-order valence-corrected chi connectivity index (χ1v) is 10.8. The Hall–Kier alpha value is -4.07. The van der Waals surface area contributed by atoms with Gasteiger partial charge < -0.3 is 24.0 Å². The van der Waals surface area contributed by atoms with Crippen molar-refractivity contribution in [1.82, 2.24) is 14.5 Å². The third-order valence-electron chi connectivity index (χ3n) is 5.85. The predicted octanol–water partition coefficient (Wildman–Crippen LogP) is 3.17. The van der Waals surface area contributed by atoms with E-state index in [-0.39, 0.29) is 11.3 Å². The number of carbonyl (C=O) groups is 2. The number of nitrogens with zero attached hydrogens (tertiary/aromatic N) is 3. The summed E-state index contributed by atoms with van der Waals surface area (Å²) >= 11 is 0. The lowest BCUT2D eigenvalue weighted by molar-refractivity contribution is -0.139. The number of amides is 1. The van der Waals surface area contributed by atoms with Gasteiger partial charge in [-0.1, -0.05) is 30.3 Å². The Kier molecular flexibility index (Phi) is 5.56. The molecule has 2 aliphatic heterocycles. The minimum Gasteiger partial charge on any atom is -0.507 e. The molecule has 2 aliphatic rings. The SMILES string of the molecule is O=C1C(=O)N(CCCn2ccnc2)C(c2ccccc2)/C1=C(/O)c1ccc2c(c1)OCCO2. The van der Waals surface area contributed by atoms with E-state index < -0.39 is 17.7 Å². The number of Topliss-reactive ketones (excluding diaryl/α,β-unsaturated/α-hetero) is 1. The minimum absolute atomic E-state index is 0.0745. The number of aryl methyl sites for hydroxylation is 1. The molecule has 33 heavy (non-hydrogen) atoms. The number of fused-ring (bicyclic) bond motifs is 1. The first-order valence-electron chi connectivity index (χ1n) is 10.8. The number of likely N-dealkylation sites (tertiary alicyclic amines) is 1. The number of aromatic nitrogens is 2. The third-order valence-corrected chi connectivity index (χ3v) is 5.85. The van der Waals surface area contributed by atoms with E-state index in [2.05, 4.69) is 4.98 Å². The quantitative estimate of drug-likeness (QED) is 0.356. The van der Waals surface area contributed by atoms with Crippen LogP contribution in [0.1, 0.15) is 23.6 Å². The molecule has 1 N–H and O–H groups in total. The topological polar surface area (TPSA) is 93.9 Å². The van der Waals surface area contributed by atoms with Crippen molar-refractivity contribution < 1.29 is 24.2 Å². The number of benzene rings is 2. The van der Waals surface area contributed by atoms with Gasteiger partial charge in [-0.05, 0) is 30.2 Å². The van der Waals surface area contributed by atoms with Gasteiger partial charge in [0.2, 0.25) is 0 Å². The average molecular weight is 445 g/mol. The maximum absolute atomic E-state index is 13.1. The smallest absolute Gasteiger partial charge is 0.295 e. The highest BCUT2D eigenvalue weighted by Gasteiger charge is 2.45. The van der Waals surface area contributed by atoms with Gasteiger partial charge in [0.15, 0.2) is 11.5 Å². The molecular weight excluding hydrogens is 422 g/mol. The fourth-order valence-corrected chi connectivity index (χ4v) is 4.28. The third kappa shape index (κ3) is 3.95. The zero-order valence-electron chi connectivity index (χ0n) is 17.9. The summed E-state index contributed by atoms with van der Waals surface area (Å²) in [5.41, 5.74) is 1.24. The molecular formula is C25H23N3O5.